The van der Waals surface area contributed by atoms with Crippen LogP contribution in [0, 0.1) is 12.8 Å². The topological polar surface area (TPSA) is 63.0 Å². The molecule has 2 aliphatic heterocycles. The van der Waals surface area contributed by atoms with Crippen LogP contribution in [-0.4, -0.2) is 54.4 Å². The van der Waals surface area contributed by atoms with Crippen molar-refractivity contribution in [2.75, 3.05) is 26.7 Å². The van der Waals surface area contributed by atoms with Crippen LogP contribution in [-0.2, 0) is 11.2 Å². The molecule has 2 atom stereocenters. The van der Waals surface area contributed by atoms with Crippen LogP contribution in [0.15, 0.2) is 52.9 Å². The quantitative estimate of drug-likeness (QED) is 0.594. The third kappa shape index (κ3) is 3.99. The number of rotatable bonds is 4. The van der Waals surface area contributed by atoms with E-state index in [1.807, 2.05) is 65.3 Å². The molecule has 0 unspecified atom stereocenters. The van der Waals surface area contributed by atoms with E-state index in [2.05, 4.69) is 0 Å². The van der Waals surface area contributed by atoms with Crippen molar-refractivity contribution in [1.29, 1.82) is 0 Å². The molecule has 0 aliphatic carbocycles. The molecule has 0 bridgehead atoms. The highest BCUT2D eigenvalue weighted by Gasteiger charge is 2.42. The zero-order chi connectivity index (χ0) is 22.9. The standard InChI is InChI=1S/C27H30N2O4/c1-18-21-11-4-6-13-24(21)33-26(18)27(31)28-16-20-10-7-8-14-29(22(20)17-28)25(30)15-19-9-3-5-12-23(19)32-2/h3-6,9,11-13,20,22H,7-8,10,14-17H2,1-2H3/t20-,22+/m0/s1. The fourth-order valence-corrected chi connectivity index (χ4v) is 5.46. The Morgan fingerprint density at radius 1 is 1.06 bits per heavy atom. The zero-order valence-corrected chi connectivity index (χ0v) is 19.3. The van der Waals surface area contributed by atoms with Crippen LogP contribution in [0.3, 0.4) is 0 Å². The summed E-state index contributed by atoms with van der Waals surface area (Å²) in [7, 11) is 1.63. The van der Waals surface area contributed by atoms with E-state index in [0.29, 0.717) is 31.2 Å². The van der Waals surface area contributed by atoms with Crippen molar-refractivity contribution in [1.82, 2.24) is 9.80 Å². The van der Waals surface area contributed by atoms with Gasteiger partial charge >= 0.3 is 0 Å². The lowest BCUT2D eigenvalue weighted by Crippen LogP contribution is -2.45. The van der Waals surface area contributed by atoms with Gasteiger partial charge in [-0.2, -0.15) is 0 Å². The Morgan fingerprint density at radius 3 is 2.67 bits per heavy atom. The minimum absolute atomic E-state index is 0.0448. The van der Waals surface area contributed by atoms with Crippen molar-refractivity contribution in [3.63, 3.8) is 0 Å². The molecule has 2 fully saturated rings. The molecule has 6 nitrogen and oxygen atoms in total. The number of nitrogens with zero attached hydrogens (tertiary/aromatic N) is 2. The van der Waals surface area contributed by atoms with Crippen molar-refractivity contribution < 1.29 is 18.7 Å². The second-order valence-electron chi connectivity index (χ2n) is 9.16. The van der Waals surface area contributed by atoms with Crippen molar-refractivity contribution in [2.45, 2.75) is 38.6 Å². The van der Waals surface area contributed by atoms with Gasteiger partial charge in [0.2, 0.25) is 5.91 Å². The lowest BCUT2D eigenvalue weighted by Gasteiger charge is -2.30. The minimum Gasteiger partial charge on any atom is -0.496 e. The third-order valence-electron chi connectivity index (χ3n) is 7.21. The Labute approximate surface area is 194 Å². The summed E-state index contributed by atoms with van der Waals surface area (Å²) in [6, 6.07) is 15.5. The Bertz CT molecular complexity index is 1180. The Hall–Kier alpha value is -3.28. The van der Waals surface area contributed by atoms with E-state index in [9.17, 15) is 9.59 Å². The second-order valence-corrected chi connectivity index (χ2v) is 9.16. The molecule has 172 valence electrons. The maximum absolute atomic E-state index is 13.4. The van der Waals surface area contributed by atoms with Gasteiger partial charge in [-0.25, -0.2) is 0 Å². The van der Waals surface area contributed by atoms with E-state index < -0.39 is 0 Å². The van der Waals surface area contributed by atoms with Crippen LogP contribution in [0.25, 0.3) is 11.0 Å². The average Bonchev–Trinajstić information content (AvgIpc) is 3.34. The molecule has 6 heteroatoms. The van der Waals surface area contributed by atoms with Gasteiger partial charge in [0.1, 0.15) is 11.3 Å². The van der Waals surface area contributed by atoms with Crippen molar-refractivity contribution in [3.8, 4) is 5.75 Å². The number of benzene rings is 2. The summed E-state index contributed by atoms with van der Waals surface area (Å²) < 4.78 is 11.4. The molecule has 2 aliphatic rings. The zero-order valence-electron chi connectivity index (χ0n) is 19.3. The molecule has 3 aromatic rings. The van der Waals surface area contributed by atoms with Crippen LogP contribution < -0.4 is 4.74 Å². The Balaban J connectivity index is 1.36. The number of furan rings is 1. The lowest BCUT2D eigenvalue weighted by atomic mass is 9.98. The summed E-state index contributed by atoms with van der Waals surface area (Å²) in [5.74, 6) is 1.47. The predicted octanol–water partition coefficient (Wildman–Crippen LogP) is 4.45. The molecule has 1 aromatic heterocycles. The number of ether oxygens (including phenoxy) is 1. The minimum atomic E-state index is -0.0751. The molecule has 0 N–H and O–H groups in total. The maximum Gasteiger partial charge on any atom is 0.289 e. The molecular formula is C27H30N2O4. The van der Waals surface area contributed by atoms with Gasteiger partial charge in [-0.05, 0) is 37.8 Å². The van der Waals surface area contributed by atoms with Gasteiger partial charge in [0.05, 0.1) is 19.6 Å². The Kier molecular flexibility index (Phi) is 5.83. The summed E-state index contributed by atoms with van der Waals surface area (Å²) in [4.78, 5) is 30.7. The smallest absolute Gasteiger partial charge is 0.289 e. The van der Waals surface area contributed by atoms with Gasteiger partial charge in [0.25, 0.3) is 5.91 Å². The van der Waals surface area contributed by atoms with Gasteiger partial charge in [-0.1, -0.05) is 42.8 Å². The lowest BCUT2D eigenvalue weighted by molar-refractivity contribution is -0.133. The van der Waals surface area contributed by atoms with Crippen LogP contribution >= 0.6 is 0 Å². The maximum atomic E-state index is 13.4. The summed E-state index contributed by atoms with van der Waals surface area (Å²) >= 11 is 0. The van der Waals surface area contributed by atoms with E-state index in [4.69, 9.17) is 9.15 Å². The number of carbonyl (C=O) groups excluding carboxylic acids is 2. The first-order valence-corrected chi connectivity index (χ1v) is 11.8. The van der Waals surface area contributed by atoms with Gasteiger partial charge in [-0.15, -0.1) is 0 Å². The molecular weight excluding hydrogens is 416 g/mol. The molecule has 0 radical (unpaired) electrons. The van der Waals surface area contributed by atoms with Crippen LogP contribution in [0.5, 0.6) is 5.75 Å². The predicted molar refractivity (Wildman–Crippen MR) is 126 cm³/mol. The molecule has 2 amide bonds. The van der Waals surface area contributed by atoms with Gasteiger partial charge in [-0.3, -0.25) is 9.59 Å². The molecule has 0 saturated carbocycles. The van der Waals surface area contributed by atoms with Crippen LogP contribution in [0.4, 0.5) is 0 Å². The van der Waals surface area contributed by atoms with Gasteiger partial charge < -0.3 is 19.0 Å². The Morgan fingerprint density at radius 2 is 1.85 bits per heavy atom. The molecule has 33 heavy (non-hydrogen) atoms. The fourth-order valence-electron chi connectivity index (χ4n) is 5.46. The highest BCUT2D eigenvalue weighted by atomic mass is 16.5. The number of para-hydroxylation sites is 2. The second kappa shape index (κ2) is 8.93. The molecule has 5 rings (SSSR count). The normalized spacial score (nSPS) is 20.5. The van der Waals surface area contributed by atoms with Gasteiger partial charge in [0, 0.05) is 36.1 Å². The third-order valence-corrected chi connectivity index (χ3v) is 7.21. The van der Waals surface area contributed by atoms with E-state index in [1.165, 1.54) is 0 Å². The first-order chi connectivity index (χ1) is 16.1. The van der Waals surface area contributed by atoms with E-state index in [0.717, 1.165) is 53.7 Å². The van der Waals surface area contributed by atoms with E-state index >= 15 is 0 Å². The monoisotopic (exact) mass is 446 g/mol. The first-order valence-electron chi connectivity index (χ1n) is 11.8. The van der Waals surface area contributed by atoms with Crippen LogP contribution in [0.2, 0.25) is 0 Å². The molecule has 2 aromatic carbocycles. The number of aryl methyl sites for hydroxylation is 1. The number of fused-ring (bicyclic) bond motifs is 2. The first kappa shape index (κ1) is 21.6. The largest absolute Gasteiger partial charge is 0.496 e. The number of amides is 2. The van der Waals surface area contributed by atoms with Crippen LogP contribution in [0.1, 0.15) is 40.9 Å². The van der Waals surface area contributed by atoms with Crippen molar-refractivity contribution in [3.05, 3.63) is 65.4 Å². The summed E-state index contributed by atoms with van der Waals surface area (Å²) in [5.41, 5.74) is 2.52. The summed E-state index contributed by atoms with van der Waals surface area (Å²) in [5, 5.41) is 0.975. The van der Waals surface area contributed by atoms with E-state index in [-0.39, 0.29) is 17.9 Å². The molecule has 3 heterocycles. The fraction of sp³-hybridized carbons (Fsp3) is 0.407. The summed E-state index contributed by atoms with van der Waals surface area (Å²) in [6.07, 6.45) is 3.42. The summed E-state index contributed by atoms with van der Waals surface area (Å²) in [6.45, 7) is 3.90. The molecule has 2 saturated heterocycles. The SMILES string of the molecule is COc1ccccc1CC(=O)N1CCCC[C@H]2CN(C(=O)c3oc4ccccc4c3C)C[C@H]21. The van der Waals surface area contributed by atoms with E-state index in [1.54, 1.807) is 7.11 Å². The van der Waals surface area contributed by atoms with Gasteiger partial charge in [0.15, 0.2) is 5.76 Å². The number of hydrogen-bond donors (Lipinski definition) is 0. The highest BCUT2D eigenvalue weighted by Crippen LogP contribution is 2.33. The number of methoxy groups -OCH3 is 1. The van der Waals surface area contributed by atoms with Crippen molar-refractivity contribution in [2.24, 2.45) is 5.92 Å². The number of likely N-dealkylation sites (tertiary alicyclic amines) is 2. The van der Waals surface area contributed by atoms with Crippen molar-refractivity contribution >= 4 is 22.8 Å². The average molecular weight is 447 g/mol. The number of carbonyl (C=O) groups is 2. The molecule has 0 spiro atoms. The highest BCUT2D eigenvalue weighted by molar-refractivity contribution is 5.99. The number of hydrogen-bond acceptors (Lipinski definition) is 4.